The molecule has 28 heavy (non-hydrogen) atoms. The smallest absolute Gasteiger partial charge is 0.268 e. The number of hydrogen-bond acceptors (Lipinski definition) is 5. The molecule has 0 atom stereocenters. The van der Waals surface area contributed by atoms with Crippen molar-refractivity contribution in [3.05, 3.63) is 48.2 Å². The molecule has 0 bridgehead atoms. The van der Waals surface area contributed by atoms with Crippen molar-refractivity contribution in [1.29, 1.82) is 0 Å². The third-order valence-corrected chi connectivity index (χ3v) is 4.55. The first kappa shape index (κ1) is 17.7. The summed E-state index contributed by atoms with van der Waals surface area (Å²) in [5, 5.41) is 6.25. The maximum Gasteiger partial charge on any atom is 0.268 e. The van der Waals surface area contributed by atoms with Crippen molar-refractivity contribution in [2.75, 3.05) is 25.8 Å². The number of aromatic nitrogens is 1. The molecule has 0 radical (unpaired) electrons. The molecular formula is C20H19N3O5. The normalized spacial score (nSPS) is 12.1. The van der Waals surface area contributed by atoms with Gasteiger partial charge in [-0.3, -0.25) is 9.59 Å². The Labute approximate surface area is 161 Å². The van der Waals surface area contributed by atoms with Gasteiger partial charge < -0.3 is 29.4 Å². The van der Waals surface area contributed by atoms with Crippen LogP contribution >= 0.6 is 0 Å². The van der Waals surface area contributed by atoms with E-state index >= 15 is 0 Å². The highest BCUT2D eigenvalue weighted by Gasteiger charge is 2.16. The summed E-state index contributed by atoms with van der Waals surface area (Å²) in [6.07, 6.45) is 0. The Kier molecular flexibility index (Phi) is 4.52. The van der Waals surface area contributed by atoms with Gasteiger partial charge in [-0.05, 0) is 36.4 Å². The Bertz CT molecular complexity index is 1070. The van der Waals surface area contributed by atoms with Crippen molar-refractivity contribution in [3.63, 3.8) is 0 Å². The van der Waals surface area contributed by atoms with Crippen LogP contribution in [-0.2, 0) is 11.8 Å². The molecule has 2 N–H and O–H groups in total. The van der Waals surface area contributed by atoms with Gasteiger partial charge in [0.25, 0.3) is 5.91 Å². The van der Waals surface area contributed by atoms with Gasteiger partial charge in [0.15, 0.2) is 11.5 Å². The van der Waals surface area contributed by atoms with Crippen LogP contribution < -0.4 is 24.8 Å². The minimum Gasteiger partial charge on any atom is -0.497 e. The maximum absolute atomic E-state index is 12.5. The molecule has 0 aliphatic carbocycles. The SMILES string of the molecule is COc1ccc2c(c1)cc(C(=O)NCC(=O)Nc1ccc3c(c1)OCO3)n2C. The number of rotatable bonds is 5. The van der Waals surface area contributed by atoms with E-state index in [1.165, 1.54) is 0 Å². The van der Waals surface area contributed by atoms with Gasteiger partial charge in [0, 0.05) is 29.7 Å². The molecule has 4 rings (SSSR count). The molecule has 0 spiro atoms. The predicted octanol–water partition coefficient (Wildman–Crippen LogP) is 2.28. The lowest BCUT2D eigenvalue weighted by molar-refractivity contribution is -0.115. The topological polar surface area (TPSA) is 90.8 Å². The molecule has 144 valence electrons. The van der Waals surface area contributed by atoms with E-state index in [-0.39, 0.29) is 25.2 Å². The number of hydrogen-bond donors (Lipinski definition) is 2. The average molecular weight is 381 g/mol. The van der Waals surface area contributed by atoms with Gasteiger partial charge >= 0.3 is 0 Å². The van der Waals surface area contributed by atoms with Gasteiger partial charge in [0.1, 0.15) is 11.4 Å². The molecular weight excluding hydrogens is 362 g/mol. The van der Waals surface area contributed by atoms with Crippen LogP contribution in [0.3, 0.4) is 0 Å². The van der Waals surface area contributed by atoms with Gasteiger partial charge in [0.05, 0.1) is 13.7 Å². The van der Waals surface area contributed by atoms with Gasteiger partial charge in [-0.1, -0.05) is 0 Å². The summed E-state index contributed by atoms with van der Waals surface area (Å²) in [5.74, 6) is 1.26. The zero-order valence-corrected chi connectivity index (χ0v) is 15.4. The summed E-state index contributed by atoms with van der Waals surface area (Å²) in [5.41, 5.74) is 1.93. The molecule has 0 saturated carbocycles. The molecule has 2 heterocycles. The highest BCUT2D eigenvalue weighted by Crippen LogP contribution is 2.34. The van der Waals surface area contributed by atoms with Crippen molar-refractivity contribution < 1.29 is 23.8 Å². The van der Waals surface area contributed by atoms with Crippen LogP contribution in [0, 0.1) is 0 Å². The van der Waals surface area contributed by atoms with Crippen molar-refractivity contribution in [2.45, 2.75) is 0 Å². The Morgan fingerprint density at radius 1 is 1.11 bits per heavy atom. The Hall–Kier alpha value is -3.68. The first-order valence-electron chi connectivity index (χ1n) is 8.66. The largest absolute Gasteiger partial charge is 0.497 e. The molecule has 1 aliphatic rings. The summed E-state index contributed by atoms with van der Waals surface area (Å²) in [6, 6.07) is 12.5. The van der Waals surface area contributed by atoms with E-state index < -0.39 is 0 Å². The third-order valence-electron chi connectivity index (χ3n) is 4.55. The molecule has 1 aliphatic heterocycles. The van der Waals surface area contributed by atoms with Crippen molar-refractivity contribution >= 4 is 28.4 Å². The zero-order valence-electron chi connectivity index (χ0n) is 15.4. The second kappa shape index (κ2) is 7.15. The van der Waals surface area contributed by atoms with Crippen molar-refractivity contribution in [3.8, 4) is 17.2 Å². The first-order valence-corrected chi connectivity index (χ1v) is 8.66. The molecule has 0 unspecified atom stereocenters. The number of fused-ring (bicyclic) bond motifs is 2. The predicted molar refractivity (Wildman–Crippen MR) is 103 cm³/mol. The van der Waals surface area contributed by atoms with Crippen molar-refractivity contribution in [1.82, 2.24) is 9.88 Å². The number of nitrogens with zero attached hydrogens (tertiary/aromatic N) is 1. The van der Waals surface area contributed by atoms with Gasteiger partial charge in [-0.2, -0.15) is 0 Å². The number of methoxy groups -OCH3 is 1. The second-order valence-corrected chi connectivity index (χ2v) is 6.31. The number of carbonyl (C=O) groups excluding carboxylic acids is 2. The standard InChI is InChI=1S/C20H19N3O5/c1-23-15-5-4-14(26-2)7-12(15)8-16(23)20(25)21-10-19(24)22-13-3-6-17-18(9-13)28-11-27-17/h3-9H,10-11H2,1-2H3,(H,21,25)(H,22,24). The number of aryl methyl sites for hydroxylation is 1. The summed E-state index contributed by atoms with van der Waals surface area (Å²) >= 11 is 0. The molecule has 8 nitrogen and oxygen atoms in total. The van der Waals surface area contributed by atoms with E-state index in [0.717, 1.165) is 10.9 Å². The van der Waals surface area contributed by atoms with E-state index in [1.54, 1.807) is 43.0 Å². The fraction of sp³-hybridized carbons (Fsp3) is 0.200. The second-order valence-electron chi connectivity index (χ2n) is 6.31. The van der Waals surface area contributed by atoms with Crippen LogP contribution in [-0.4, -0.2) is 36.8 Å². The fourth-order valence-electron chi connectivity index (χ4n) is 3.10. The lowest BCUT2D eigenvalue weighted by Gasteiger charge is -2.08. The minimum absolute atomic E-state index is 0.155. The molecule has 1 aromatic heterocycles. The number of benzene rings is 2. The first-order chi connectivity index (χ1) is 13.5. The molecule has 3 aromatic rings. The summed E-state index contributed by atoms with van der Waals surface area (Å²) in [6.45, 7) is 0.0117. The van der Waals surface area contributed by atoms with E-state index in [1.807, 2.05) is 18.2 Å². The van der Waals surface area contributed by atoms with Crippen molar-refractivity contribution in [2.24, 2.45) is 7.05 Å². The number of anilines is 1. The van der Waals surface area contributed by atoms with Crippen LogP contribution in [0.5, 0.6) is 17.2 Å². The number of amides is 2. The monoisotopic (exact) mass is 381 g/mol. The Morgan fingerprint density at radius 3 is 2.75 bits per heavy atom. The number of ether oxygens (including phenoxy) is 3. The van der Waals surface area contributed by atoms with E-state index in [0.29, 0.717) is 28.6 Å². The van der Waals surface area contributed by atoms with E-state index in [9.17, 15) is 9.59 Å². The summed E-state index contributed by atoms with van der Waals surface area (Å²) in [7, 11) is 3.40. The lowest BCUT2D eigenvalue weighted by Crippen LogP contribution is -2.33. The summed E-state index contributed by atoms with van der Waals surface area (Å²) in [4.78, 5) is 24.7. The van der Waals surface area contributed by atoms with Gasteiger partial charge in [-0.15, -0.1) is 0 Å². The Balaban J connectivity index is 1.40. The number of nitrogens with one attached hydrogen (secondary N) is 2. The highest BCUT2D eigenvalue weighted by atomic mass is 16.7. The van der Waals surface area contributed by atoms with Crippen LogP contribution in [0.25, 0.3) is 10.9 Å². The highest BCUT2D eigenvalue weighted by molar-refractivity contribution is 6.01. The molecule has 2 aromatic carbocycles. The quantitative estimate of drug-likeness (QED) is 0.708. The lowest BCUT2D eigenvalue weighted by atomic mass is 10.2. The molecule has 8 heteroatoms. The Morgan fingerprint density at radius 2 is 1.93 bits per heavy atom. The third kappa shape index (κ3) is 3.32. The zero-order chi connectivity index (χ0) is 19.7. The average Bonchev–Trinajstić information content (AvgIpc) is 3.29. The minimum atomic E-state index is -0.340. The number of carbonyl (C=O) groups is 2. The van der Waals surface area contributed by atoms with Crippen LogP contribution in [0.15, 0.2) is 42.5 Å². The van der Waals surface area contributed by atoms with Crippen LogP contribution in [0.4, 0.5) is 5.69 Å². The van der Waals surface area contributed by atoms with Gasteiger partial charge in [-0.25, -0.2) is 0 Å². The molecule has 0 saturated heterocycles. The molecule has 0 fully saturated rings. The van der Waals surface area contributed by atoms with Crippen LogP contribution in [0.2, 0.25) is 0 Å². The summed E-state index contributed by atoms with van der Waals surface area (Å²) < 4.78 is 17.5. The maximum atomic E-state index is 12.5. The van der Waals surface area contributed by atoms with E-state index in [2.05, 4.69) is 10.6 Å². The fourth-order valence-corrected chi connectivity index (χ4v) is 3.10. The van der Waals surface area contributed by atoms with E-state index in [4.69, 9.17) is 14.2 Å². The molecule has 2 amide bonds. The van der Waals surface area contributed by atoms with Gasteiger partial charge in [0.2, 0.25) is 12.7 Å². The van der Waals surface area contributed by atoms with Crippen LogP contribution in [0.1, 0.15) is 10.5 Å².